The number of hydrogen-bond acceptors (Lipinski definition) is 3. The number of aryl methyl sites for hydroxylation is 1. The van der Waals surface area contributed by atoms with E-state index in [1.165, 1.54) is 19.3 Å². The zero-order valence-electron chi connectivity index (χ0n) is 14.3. The Morgan fingerprint density at radius 1 is 1.08 bits per heavy atom. The van der Waals surface area contributed by atoms with E-state index in [9.17, 15) is 4.79 Å². The predicted molar refractivity (Wildman–Crippen MR) is 99.1 cm³/mol. The lowest BCUT2D eigenvalue weighted by molar-refractivity contribution is -0.131. The molecule has 1 fully saturated rings. The normalized spacial score (nSPS) is 20.4. The minimum absolute atomic E-state index is 0.0855. The summed E-state index contributed by atoms with van der Waals surface area (Å²) >= 11 is 3.44. The van der Waals surface area contributed by atoms with Gasteiger partial charge >= 0.3 is 0 Å². The number of amides is 1. The number of fused-ring (bicyclic) bond motifs is 1. The molecule has 1 atom stereocenters. The maximum atomic E-state index is 12.9. The van der Waals surface area contributed by atoms with E-state index < -0.39 is 0 Å². The highest BCUT2D eigenvalue weighted by molar-refractivity contribution is 9.10. The quantitative estimate of drug-likeness (QED) is 0.786. The first-order valence-electron chi connectivity index (χ1n) is 9.18. The summed E-state index contributed by atoms with van der Waals surface area (Å²) in [6.45, 7) is 1.81. The van der Waals surface area contributed by atoms with Crippen molar-refractivity contribution in [2.45, 2.75) is 57.5 Å². The van der Waals surface area contributed by atoms with Gasteiger partial charge in [0.2, 0.25) is 5.91 Å². The summed E-state index contributed by atoms with van der Waals surface area (Å²) in [5, 5.41) is 8.90. The summed E-state index contributed by atoms with van der Waals surface area (Å²) < 4.78 is 3.32. The molecular formula is C19H23BrN4O. The summed E-state index contributed by atoms with van der Waals surface area (Å²) in [6, 6.07) is 8.08. The Morgan fingerprint density at radius 2 is 1.92 bits per heavy atom. The van der Waals surface area contributed by atoms with Crippen LogP contribution in [0.4, 0.5) is 0 Å². The average molecular weight is 403 g/mol. The molecule has 3 heterocycles. The third-order valence-electron chi connectivity index (χ3n) is 5.28. The summed E-state index contributed by atoms with van der Waals surface area (Å²) in [6.07, 6.45) is 7.10. The second-order valence-electron chi connectivity index (χ2n) is 6.99. The third-order valence-corrected chi connectivity index (χ3v) is 5.81. The van der Waals surface area contributed by atoms with Gasteiger partial charge in [-0.15, -0.1) is 10.2 Å². The third kappa shape index (κ3) is 3.50. The van der Waals surface area contributed by atoms with Crippen LogP contribution in [0.1, 0.15) is 55.4 Å². The highest BCUT2D eigenvalue weighted by atomic mass is 79.9. The monoisotopic (exact) mass is 402 g/mol. The molecule has 0 spiro atoms. The second kappa shape index (κ2) is 7.28. The molecular weight excluding hydrogens is 380 g/mol. The number of benzene rings is 1. The highest BCUT2D eigenvalue weighted by Crippen LogP contribution is 2.32. The molecule has 0 aliphatic carbocycles. The maximum Gasteiger partial charge on any atom is 0.227 e. The van der Waals surface area contributed by atoms with Crippen molar-refractivity contribution in [3.8, 4) is 0 Å². The van der Waals surface area contributed by atoms with Crippen LogP contribution in [0.5, 0.6) is 0 Å². The fraction of sp³-hybridized carbons (Fsp3) is 0.526. The number of hydrogen-bond donors (Lipinski definition) is 0. The Labute approximate surface area is 156 Å². The van der Waals surface area contributed by atoms with Gasteiger partial charge in [-0.3, -0.25) is 4.79 Å². The Kier molecular flexibility index (Phi) is 4.88. The van der Waals surface area contributed by atoms with E-state index in [0.29, 0.717) is 6.42 Å². The number of carbonyl (C=O) groups excluding carboxylic acids is 1. The predicted octanol–water partition coefficient (Wildman–Crippen LogP) is 3.67. The van der Waals surface area contributed by atoms with Crippen LogP contribution in [0.3, 0.4) is 0 Å². The van der Waals surface area contributed by atoms with Crippen molar-refractivity contribution in [3.63, 3.8) is 0 Å². The first kappa shape index (κ1) is 16.8. The lowest BCUT2D eigenvalue weighted by atomic mass is 10.1. The van der Waals surface area contributed by atoms with E-state index in [-0.39, 0.29) is 11.9 Å². The van der Waals surface area contributed by atoms with Crippen molar-refractivity contribution in [1.82, 2.24) is 19.7 Å². The highest BCUT2D eigenvalue weighted by Gasteiger charge is 2.34. The number of carbonyl (C=O) groups is 1. The molecule has 0 N–H and O–H groups in total. The number of rotatable bonds is 3. The van der Waals surface area contributed by atoms with Gasteiger partial charge in [0.25, 0.3) is 0 Å². The first-order valence-corrected chi connectivity index (χ1v) is 9.97. The lowest BCUT2D eigenvalue weighted by Crippen LogP contribution is -2.33. The van der Waals surface area contributed by atoms with Gasteiger partial charge < -0.3 is 9.47 Å². The Morgan fingerprint density at radius 3 is 2.76 bits per heavy atom. The van der Waals surface area contributed by atoms with E-state index in [0.717, 1.165) is 54.0 Å². The lowest BCUT2D eigenvalue weighted by Gasteiger charge is -2.25. The molecule has 2 aromatic rings. The number of aromatic nitrogens is 3. The van der Waals surface area contributed by atoms with E-state index >= 15 is 0 Å². The molecule has 1 amide bonds. The number of likely N-dealkylation sites (tertiary alicyclic amines) is 1. The summed E-state index contributed by atoms with van der Waals surface area (Å²) in [5.74, 6) is 2.29. The largest absolute Gasteiger partial charge is 0.332 e. The van der Waals surface area contributed by atoms with Crippen LogP contribution >= 0.6 is 15.9 Å². The van der Waals surface area contributed by atoms with Gasteiger partial charge in [-0.05, 0) is 43.4 Å². The summed E-state index contributed by atoms with van der Waals surface area (Å²) in [5.41, 5.74) is 1.05. The van der Waals surface area contributed by atoms with Gasteiger partial charge in [-0.1, -0.05) is 34.5 Å². The van der Waals surface area contributed by atoms with Gasteiger partial charge in [0.05, 0.1) is 12.5 Å². The smallest absolute Gasteiger partial charge is 0.227 e. The molecule has 1 saturated heterocycles. The van der Waals surface area contributed by atoms with E-state index in [2.05, 4.69) is 30.7 Å². The van der Waals surface area contributed by atoms with Gasteiger partial charge in [0.15, 0.2) is 5.82 Å². The van der Waals surface area contributed by atoms with Gasteiger partial charge in [-0.25, -0.2) is 0 Å². The number of nitrogens with zero attached hydrogens (tertiary/aromatic N) is 4. The van der Waals surface area contributed by atoms with Gasteiger partial charge in [0.1, 0.15) is 5.82 Å². The van der Waals surface area contributed by atoms with Crippen molar-refractivity contribution in [1.29, 1.82) is 0 Å². The molecule has 0 radical (unpaired) electrons. The van der Waals surface area contributed by atoms with Gasteiger partial charge in [-0.2, -0.15) is 0 Å². The Hall–Kier alpha value is -1.69. The van der Waals surface area contributed by atoms with E-state index in [1.54, 1.807) is 0 Å². The van der Waals surface area contributed by atoms with Gasteiger partial charge in [0, 0.05) is 24.0 Å². The number of halogens is 1. The molecule has 4 rings (SSSR count). The van der Waals surface area contributed by atoms with Crippen LogP contribution in [0.2, 0.25) is 0 Å². The minimum Gasteiger partial charge on any atom is -0.332 e. The van der Waals surface area contributed by atoms with Crippen LogP contribution in [0, 0.1) is 0 Å². The zero-order valence-corrected chi connectivity index (χ0v) is 15.9. The molecule has 2 aliphatic rings. The minimum atomic E-state index is 0.0855. The van der Waals surface area contributed by atoms with E-state index in [1.807, 2.05) is 29.2 Å². The maximum absolute atomic E-state index is 12.9. The Balaban J connectivity index is 1.53. The molecule has 5 nitrogen and oxygen atoms in total. The molecule has 6 heteroatoms. The first-order chi connectivity index (χ1) is 12.2. The molecule has 1 unspecified atom stereocenters. The van der Waals surface area contributed by atoms with Crippen LogP contribution in [0.15, 0.2) is 28.7 Å². The molecule has 0 bridgehead atoms. The molecule has 25 heavy (non-hydrogen) atoms. The summed E-state index contributed by atoms with van der Waals surface area (Å²) in [7, 11) is 0. The van der Waals surface area contributed by atoms with Crippen molar-refractivity contribution in [2.24, 2.45) is 0 Å². The second-order valence-corrected chi connectivity index (χ2v) is 7.90. The summed E-state index contributed by atoms with van der Waals surface area (Å²) in [4.78, 5) is 14.9. The molecule has 0 saturated carbocycles. The van der Waals surface area contributed by atoms with Crippen LogP contribution in [-0.4, -0.2) is 32.1 Å². The van der Waals surface area contributed by atoms with Crippen molar-refractivity contribution in [3.05, 3.63) is 46.0 Å². The SMILES string of the molecule is O=C(Cc1ccc(Br)cc1)N1CCCC1c1nnc2n1CCCCC2. The zero-order chi connectivity index (χ0) is 17.2. The van der Waals surface area contributed by atoms with Crippen LogP contribution < -0.4 is 0 Å². The topological polar surface area (TPSA) is 51.0 Å². The van der Waals surface area contributed by atoms with Crippen molar-refractivity contribution in [2.75, 3.05) is 6.54 Å². The standard InChI is InChI=1S/C19H23BrN4O/c20-15-9-7-14(8-10-15)13-18(25)23-12-4-5-16(23)19-22-21-17-6-2-1-3-11-24(17)19/h7-10,16H,1-6,11-13H2. The van der Waals surface area contributed by atoms with Crippen molar-refractivity contribution < 1.29 is 4.79 Å². The average Bonchev–Trinajstić information content (AvgIpc) is 3.18. The van der Waals surface area contributed by atoms with Crippen LogP contribution in [0.25, 0.3) is 0 Å². The fourth-order valence-electron chi connectivity index (χ4n) is 3.97. The molecule has 1 aromatic carbocycles. The molecule has 132 valence electrons. The van der Waals surface area contributed by atoms with Crippen molar-refractivity contribution >= 4 is 21.8 Å². The van der Waals surface area contributed by atoms with E-state index in [4.69, 9.17) is 0 Å². The molecule has 1 aromatic heterocycles. The van der Waals surface area contributed by atoms with Crippen LogP contribution in [-0.2, 0) is 24.2 Å². The molecule has 2 aliphatic heterocycles. The Bertz CT molecular complexity index is 755. The fourth-order valence-corrected chi connectivity index (χ4v) is 4.23.